The molecule has 0 spiro atoms. The van der Waals surface area contributed by atoms with Gasteiger partial charge in [0.2, 0.25) is 0 Å². The molecule has 1 aliphatic heterocycles. The van der Waals surface area contributed by atoms with Gasteiger partial charge >= 0.3 is 6.03 Å². The molecular weight excluding hydrogens is 282 g/mol. The molecule has 1 fully saturated rings. The van der Waals surface area contributed by atoms with Crippen molar-refractivity contribution >= 4 is 11.9 Å². The average molecular weight is 305 g/mol. The molecule has 1 aromatic rings. The highest BCUT2D eigenvalue weighted by Crippen LogP contribution is 2.23. The molecule has 2 rings (SSSR count). The van der Waals surface area contributed by atoms with Crippen LogP contribution in [0.3, 0.4) is 0 Å². The van der Waals surface area contributed by atoms with E-state index >= 15 is 0 Å². The summed E-state index contributed by atoms with van der Waals surface area (Å²) in [5.41, 5.74) is 0.663. The minimum atomic E-state index is -0.451. The highest BCUT2D eigenvalue weighted by atomic mass is 16.2. The van der Waals surface area contributed by atoms with Crippen LogP contribution >= 0.6 is 0 Å². The highest BCUT2D eigenvalue weighted by Gasteiger charge is 2.39. The Morgan fingerprint density at radius 1 is 1.18 bits per heavy atom. The lowest BCUT2D eigenvalue weighted by Crippen LogP contribution is -2.63. The molecule has 0 bridgehead atoms. The van der Waals surface area contributed by atoms with E-state index in [4.69, 9.17) is 0 Å². The van der Waals surface area contributed by atoms with Crippen LogP contribution in [0, 0.1) is 6.92 Å². The van der Waals surface area contributed by atoms with Gasteiger partial charge in [0, 0.05) is 39.9 Å². The topological polar surface area (TPSA) is 69.6 Å². The van der Waals surface area contributed by atoms with Gasteiger partial charge in [0.15, 0.2) is 0 Å². The predicted octanol–water partition coefficient (Wildman–Crippen LogP) is 1.00. The first-order valence-corrected chi connectivity index (χ1v) is 7.29. The summed E-state index contributed by atoms with van der Waals surface area (Å²) in [6, 6.07) is -0.0321. The average Bonchev–Trinajstić information content (AvgIpc) is 2.45. The number of piperazine rings is 1. The maximum Gasteiger partial charge on any atom is 0.319 e. The number of aryl methyl sites for hydroxylation is 1. The van der Waals surface area contributed by atoms with Crippen LogP contribution in [0.25, 0.3) is 0 Å². The second-order valence-electron chi connectivity index (χ2n) is 6.41. The van der Waals surface area contributed by atoms with E-state index in [1.54, 1.807) is 35.0 Å². The Hall–Kier alpha value is -2.18. The van der Waals surface area contributed by atoms with Crippen molar-refractivity contribution in [2.45, 2.75) is 26.3 Å². The number of rotatable bonds is 1. The molecule has 0 aliphatic carbocycles. The first-order chi connectivity index (χ1) is 10.2. The third-order valence-electron chi connectivity index (χ3n) is 3.80. The molecule has 1 saturated heterocycles. The smallest absolute Gasteiger partial charge is 0.319 e. The maximum atomic E-state index is 12.6. The molecule has 0 aromatic carbocycles. The summed E-state index contributed by atoms with van der Waals surface area (Å²) in [5, 5.41) is 0. The maximum absolute atomic E-state index is 12.6. The predicted molar refractivity (Wildman–Crippen MR) is 82.5 cm³/mol. The number of carbonyl (C=O) groups is 2. The Labute approximate surface area is 130 Å². The van der Waals surface area contributed by atoms with E-state index in [-0.39, 0.29) is 11.9 Å². The van der Waals surface area contributed by atoms with E-state index < -0.39 is 5.54 Å². The summed E-state index contributed by atoms with van der Waals surface area (Å²) in [6.45, 7) is 7.25. The molecular formula is C15H23N5O2. The molecule has 120 valence electrons. The van der Waals surface area contributed by atoms with Crippen molar-refractivity contribution in [3.8, 4) is 0 Å². The fourth-order valence-electron chi connectivity index (χ4n) is 2.62. The molecule has 22 heavy (non-hydrogen) atoms. The Morgan fingerprint density at radius 2 is 1.86 bits per heavy atom. The lowest BCUT2D eigenvalue weighted by molar-refractivity contribution is 0.0236. The van der Waals surface area contributed by atoms with Crippen LogP contribution in [0.2, 0.25) is 0 Å². The van der Waals surface area contributed by atoms with Crippen LogP contribution in [0.4, 0.5) is 4.79 Å². The largest absolute Gasteiger partial charge is 0.331 e. The molecule has 0 atom stereocenters. The summed E-state index contributed by atoms with van der Waals surface area (Å²) < 4.78 is 0. The fraction of sp³-hybridized carbons (Fsp3) is 0.600. The van der Waals surface area contributed by atoms with Gasteiger partial charge in [-0.05, 0) is 20.8 Å². The van der Waals surface area contributed by atoms with Crippen molar-refractivity contribution in [2.24, 2.45) is 0 Å². The number of aromatic nitrogens is 2. The normalized spacial score (nSPS) is 17.3. The van der Waals surface area contributed by atoms with E-state index in [0.717, 1.165) is 5.69 Å². The summed E-state index contributed by atoms with van der Waals surface area (Å²) in [6.07, 6.45) is 3.09. The summed E-state index contributed by atoms with van der Waals surface area (Å²) in [7, 11) is 3.46. The monoisotopic (exact) mass is 305 g/mol. The Kier molecular flexibility index (Phi) is 4.35. The number of amides is 3. The quantitative estimate of drug-likeness (QED) is 0.776. The van der Waals surface area contributed by atoms with Crippen molar-refractivity contribution in [3.05, 3.63) is 23.8 Å². The summed E-state index contributed by atoms with van der Waals surface area (Å²) in [4.78, 5) is 38.1. The molecule has 1 aromatic heterocycles. The fourth-order valence-corrected chi connectivity index (χ4v) is 2.62. The molecule has 7 nitrogen and oxygen atoms in total. The lowest BCUT2D eigenvalue weighted by Gasteiger charge is -2.47. The van der Waals surface area contributed by atoms with Crippen molar-refractivity contribution in [1.82, 2.24) is 24.7 Å². The molecule has 0 unspecified atom stereocenters. The Balaban J connectivity index is 2.15. The van der Waals surface area contributed by atoms with E-state index in [1.807, 2.05) is 20.8 Å². The molecule has 7 heteroatoms. The van der Waals surface area contributed by atoms with Crippen molar-refractivity contribution in [3.63, 3.8) is 0 Å². The second kappa shape index (κ2) is 5.90. The zero-order valence-electron chi connectivity index (χ0n) is 13.8. The van der Waals surface area contributed by atoms with Gasteiger partial charge in [0.05, 0.1) is 17.4 Å². The summed E-state index contributed by atoms with van der Waals surface area (Å²) in [5.74, 6) is -0.144. The van der Waals surface area contributed by atoms with Crippen molar-refractivity contribution in [2.75, 3.05) is 33.7 Å². The van der Waals surface area contributed by atoms with Gasteiger partial charge in [0.1, 0.15) is 5.69 Å². The van der Waals surface area contributed by atoms with E-state index in [1.165, 1.54) is 6.20 Å². The van der Waals surface area contributed by atoms with Gasteiger partial charge in [-0.3, -0.25) is 9.78 Å². The van der Waals surface area contributed by atoms with Crippen LogP contribution in [0.15, 0.2) is 12.4 Å². The zero-order valence-corrected chi connectivity index (χ0v) is 13.8. The van der Waals surface area contributed by atoms with Gasteiger partial charge in [0.25, 0.3) is 5.91 Å². The third-order valence-corrected chi connectivity index (χ3v) is 3.80. The molecule has 0 saturated carbocycles. The zero-order chi connectivity index (χ0) is 16.5. The highest BCUT2D eigenvalue weighted by molar-refractivity contribution is 5.92. The number of hydrogen-bond acceptors (Lipinski definition) is 4. The molecule has 2 heterocycles. The minimum absolute atomic E-state index is 0.0321. The first-order valence-electron chi connectivity index (χ1n) is 7.29. The molecule has 3 amide bonds. The van der Waals surface area contributed by atoms with Gasteiger partial charge in [-0.1, -0.05) is 0 Å². The van der Waals surface area contributed by atoms with Gasteiger partial charge in [-0.25, -0.2) is 9.78 Å². The van der Waals surface area contributed by atoms with Crippen LogP contribution < -0.4 is 0 Å². The third kappa shape index (κ3) is 3.18. The standard InChI is InChI=1S/C15H23N5O2/c1-11-8-17-12(9-16-11)13(21)20-7-6-19(10-15(20,2)3)14(22)18(4)5/h8-9H,6-7,10H2,1-5H3. The second-order valence-corrected chi connectivity index (χ2v) is 6.41. The van der Waals surface area contributed by atoms with Gasteiger partial charge in [-0.15, -0.1) is 0 Å². The minimum Gasteiger partial charge on any atom is -0.331 e. The number of carbonyl (C=O) groups excluding carboxylic acids is 2. The Bertz CT molecular complexity index is 568. The van der Waals surface area contributed by atoms with Crippen LogP contribution in [-0.4, -0.2) is 75.9 Å². The molecule has 1 aliphatic rings. The number of hydrogen-bond donors (Lipinski definition) is 0. The van der Waals surface area contributed by atoms with Crippen LogP contribution in [0.5, 0.6) is 0 Å². The van der Waals surface area contributed by atoms with E-state index in [2.05, 4.69) is 9.97 Å². The lowest BCUT2D eigenvalue weighted by atomic mass is 9.98. The number of nitrogens with zero attached hydrogens (tertiary/aromatic N) is 5. The van der Waals surface area contributed by atoms with Crippen molar-refractivity contribution < 1.29 is 9.59 Å². The van der Waals surface area contributed by atoms with Gasteiger partial charge < -0.3 is 14.7 Å². The first kappa shape index (κ1) is 16.2. The SMILES string of the molecule is Cc1cnc(C(=O)N2CCN(C(=O)N(C)C)CC2(C)C)cn1. The van der Waals surface area contributed by atoms with Gasteiger partial charge in [-0.2, -0.15) is 0 Å². The van der Waals surface area contributed by atoms with Crippen LogP contribution in [0.1, 0.15) is 30.0 Å². The van der Waals surface area contributed by atoms with E-state index in [9.17, 15) is 9.59 Å². The molecule has 0 radical (unpaired) electrons. The molecule has 0 N–H and O–H groups in total. The van der Waals surface area contributed by atoms with E-state index in [0.29, 0.717) is 25.3 Å². The Morgan fingerprint density at radius 3 is 2.36 bits per heavy atom. The number of urea groups is 1. The summed E-state index contributed by atoms with van der Waals surface area (Å²) >= 11 is 0. The van der Waals surface area contributed by atoms with Crippen molar-refractivity contribution in [1.29, 1.82) is 0 Å². The van der Waals surface area contributed by atoms with Crippen LogP contribution in [-0.2, 0) is 0 Å².